The van der Waals surface area contributed by atoms with E-state index in [9.17, 15) is 4.79 Å². The average Bonchev–Trinajstić information content (AvgIpc) is 3.23. The van der Waals surface area contributed by atoms with Gasteiger partial charge in [0.05, 0.1) is 7.05 Å². The summed E-state index contributed by atoms with van der Waals surface area (Å²) in [6.07, 6.45) is 4.62. The maximum atomic E-state index is 12.0. The van der Waals surface area contributed by atoms with E-state index in [1.54, 1.807) is 11.8 Å². The molecule has 3 nitrogen and oxygen atoms in total. The van der Waals surface area contributed by atoms with Gasteiger partial charge < -0.3 is 10.2 Å². The first-order chi connectivity index (χ1) is 9.58. The average molecular weight is 293 g/mol. The quantitative estimate of drug-likeness (QED) is 0.744. The minimum atomic E-state index is 0.169. The zero-order valence-corrected chi connectivity index (χ0v) is 13.4. The van der Waals surface area contributed by atoms with Crippen molar-refractivity contribution < 1.29 is 9.69 Å². The molecule has 0 heterocycles. The number of likely N-dealkylation sites (N-methyl/N-ethyl adjacent to an activating group) is 1. The van der Waals surface area contributed by atoms with Gasteiger partial charge in [-0.2, -0.15) is 0 Å². The summed E-state index contributed by atoms with van der Waals surface area (Å²) in [5.74, 6) is 0.890. The Morgan fingerprint density at radius 1 is 1.40 bits per heavy atom. The monoisotopic (exact) mass is 293 g/mol. The van der Waals surface area contributed by atoms with Crippen molar-refractivity contribution in [1.82, 2.24) is 5.32 Å². The van der Waals surface area contributed by atoms with Gasteiger partial charge in [0.1, 0.15) is 6.54 Å². The second kappa shape index (κ2) is 7.14. The molecule has 0 aromatic heterocycles. The zero-order valence-electron chi connectivity index (χ0n) is 12.6. The predicted octanol–water partition coefficient (Wildman–Crippen LogP) is 1.34. The molecule has 1 aromatic rings. The van der Waals surface area contributed by atoms with Crippen LogP contribution < -0.4 is 10.2 Å². The highest BCUT2D eigenvalue weighted by molar-refractivity contribution is 7.98. The Kier molecular flexibility index (Phi) is 5.49. The molecule has 4 heteroatoms. The van der Waals surface area contributed by atoms with Crippen LogP contribution in [-0.2, 0) is 11.3 Å². The third-order valence-electron chi connectivity index (χ3n) is 3.85. The summed E-state index contributed by atoms with van der Waals surface area (Å²) in [5, 5.41) is 3.11. The summed E-state index contributed by atoms with van der Waals surface area (Å²) in [4.78, 5) is 14.5. The van der Waals surface area contributed by atoms with Crippen molar-refractivity contribution >= 4 is 17.7 Å². The molecule has 1 unspecified atom stereocenters. The van der Waals surface area contributed by atoms with E-state index in [-0.39, 0.29) is 5.91 Å². The number of thioether (sulfide) groups is 1. The molecule has 20 heavy (non-hydrogen) atoms. The number of rotatable bonds is 7. The molecule has 2 atom stereocenters. The second-order valence-electron chi connectivity index (χ2n) is 5.85. The SMILES string of the molecule is CSc1ccc(C[NH+](C)CC(=O)N[C@@H](C)C2CC2)cc1. The van der Waals surface area contributed by atoms with Crippen LogP contribution in [0.4, 0.5) is 0 Å². The maximum absolute atomic E-state index is 12.0. The van der Waals surface area contributed by atoms with E-state index in [2.05, 4.69) is 49.8 Å². The normalized spacial score (nSPS) is 17.6. The van der Waals surface area contributed by atoms with Gasteiger partial charge in [-0.05, 0) is 44.1 Å². The lowest BCUT2D eigenvalue weighted by atomic mass is 10.2. The minimum absolute atomic E-state index is 0.169. The van der Waals surface area contributed by atoms with Gasteiger partial charge in [-0.25, -0.2) is 0 Å². The van der Waals surface area contributed by atoms with Crippen molar-refractivity contribution in [1.29, 1.82) is 0 Å². The lowest BCUT2D eigenvalue weighted by Gasteiger charge is -2.17. The van der Waals surface area contributed by atoms with Crippen molar-refractivity contribution in [2.24, 2.45) is 5.92 Å². The van der Waals surface area contributed by atoms with Gasteiger partial charge in [-0.15, -0.1) is 11.8 Å². The van der Waals surface area contributed by atoms with Gasteiger partial charge in [0, 0.05) is 16.5 Å². The Bertz CT molecular complexity index is 442. The highest BCUT2D eigenvalue weighted by atomic mass is 32.2. The first-order valence-corrected chi connectivity index (χ1v) is 8.54. The number of hydrogen-bond acceptors (Lipinski definition) is 2. The molecule has 1 aromatic carbocycles. The van der Waals surface area contributed by atoms with Crippen LogP contribution >= 0.6 is 11.8 Å². The summed E-state index contributed by atoms with van der Waals surface area (Å²) in [6, 6.07) is 8.93. The van der Waals surface area contributed by atoms with Crippen LogP contribution in [0.1, 0.15) is 25.3 Å². The third-order valence-corrected chi connectivity index (χ3v) is 4.59. The first-order valence-electron chi connectivity index (χ1n) is 7.32. The number of benzene rings is 1. The van der Waals surface area contributed by atoms with Crippen LogP contribution in [0.5, 0.6) is 0 Å². The van der Waals surface area contributed by atoms with Crippen LogP contribution in [0.25, 0.3) is 0 Å². The smallest absolute Gasteiger partial charge is 0.275 e. The predicted molar refractivity (Wildman–Crippen MR) is 84.0 cm³/mol. The number of carbonyl (C=O) groups excluding carboxylic acids is 1. The van der Waals surface area contributed by atoms with Gasteiger partial charge in [-0.3, -0.25) is 4.79 Å². The van der Waals surface area contributed by atoms with E-state index < -0.39 is 0 Å². The van der Waals surface area contributed by atoms with Gasteiger partial charge >= 0.3 is 0 Å². The maximum Gasteiger partial charge on any atom is 0.275 e. The highest BCUT2D eigenvalue weighted by Crippen LogP contribution is 2.32. The molecule has 0 saturated heterocycles. The Morgan fingerprint density at radius 3 is 2.60 bits per heavy atom. The van der Waals surface area contributed by atoms with Gasteiger partial charge in [0.15, 0.2) is 6.54 Å². The summed E-state index contributed by atoms with van der Waals surface area (Å²) >= 11 is 1.75. The number of carbonyl (C=O) groups is 1. The molecule has 1 aliphatic carbocycles. The molecule has 0 spiro atoms. The van der Waals surface area contributed by atoms with Crippen LogP contribution in [-0.4, -0.2) is 31.8 Å². The molecule has 1 saturated carbocycles. The topological polar surface area (TPSA) is 33.5 Å². The fourth-order valence-corrected chi connectivity index (χ4v) is 2.86. The summed E-state index contributed by atoms with van der Waals surface area (Å²) in [6.45, 7) is 3.55. The van der Waals surface area contributed by atoms with Crippen molar-refractivity contribution in [2.45, 2.75) is 37.2 Å². The Balaban J connectivity index is 1.75. The molecule has 0 aliphatic heterocycles. The first kappa shape index (κ1) is 15.4. The zero-order chi connectivity index (χ0) is 14.5. The van der Waals surface area contributed by atoms with Crippen molar-refractivity contribution in [3.8, 4) is 0 Å². The van der Waals surface area contributed by atoms with Crippen LogP contribution in [0.3, 0.4) is 0 Å². The van der Waals surface area contributed by atoms with Gasteiger partial charge in [-0.1, -0.05) is 12.1 Å². The lowest BCUT2D eigenvalue weighted by Crippen LogP contribution is -3.09. The molecule has 0 bridgehead atoms. The fraction of sp³-hybridized carbons (Fsp3) is 0.562. The molecular formula is C16H25N2OS+. The summed E-state index contributed by atoms with van der Waals surface area (Å²) < 4.78 is 0. The molecule has 1 fully saturated rings. The molecule has 2 N–H and O–H groups in total. The van der Waals surface area contributed by atoms with Crippen molar-refractivity contribution in [3.05, 3.63) is 29.8 Å². The van der Waals surface area contributed by atoms with Crippen LogP contribution in [0, 0.1) is 5.92 Å². The molecule has 1 amide bonds. The lowest BCUT2D eigenvalue weighted by molar-refractivity contribution is -0.885. The van der Waals surface area contributed by atoms with E-state index in [1.807, 2.05) is 0 Å². The van der Waals surface area contributed by atoms with Gasteiger partial charge in [0.25, 0.3) is 5.91 Å². The second-order valence-corrected chi connectivity index (χ2v) is 6.73. The number of hydrogen-bond donors (Lipinski definition) is 2. The van der Waals surface area contributed by atoms with E-state index in [4.69, 9.17) is 0 Å². The van der Waals surface area contributed by atoms with E-state index in [1.165, 1.54) is 28.2 Å². The number of amides is 1. The molecule has 110 valence electrons. The largest absolute Gasteiger partial charge is 0.348 e. The Morgan fingerprint density at radius 2 is 2.05 bits per heavy atom. The van der Waals surface area contributed by atoms with Crippen molar-refractivity contribution in [2.75, 3.05) is 19.8 Å². The summed E-state index contributed by atoms with van der Waals surface area (Å²) in [7, 11) is 2.07. The van der Waals surface area contributed by atoms with Crippen LogP contribution in [0.2, 0.25) is 0 Å². The number of nitrogens with one attached hydrogen (secondary N) is 2. The van der Waals surface area contributed by atoms with Crippen molar-refractivity contribution in [3.63, 3.8) is 0 Å². The van der Waals surface area contributed by atoms with E-state index in [0.29, 0.717) is 12.6 Å². The Hall–Kier alpha value is -1.00. The molecular weight excluding hydrogens is 268 g/mol. The minimum Gasteiger partial charge on any atom is -0.348 e. The molecule has 2 rings (SSSR count). The van der Waals surface area contributed by atoms with E-state index >= 15 is 0 Å². The highest BCUT2D eigenvalue weighted by Gasteiger charge is 2.29. The number of quaternary nitrogens is 1. The summed E-state index contributed by atoms with van der Waals surface area (Å²) in [5.41, 5.74) is 1.28. The Labute approximate surface area is 126 Å². The van der Waals surface area contributed by atoms with Crippen LogP contribution in [0.15, 0.2) is 29.2 Å². The molecule has 1 aliphatic rings. The fourth-order valence-electron chi connectivity index (χ4n) is 2.45. The third kappa shape index (κ3) is 4.84. The van der Waals surface area contributed by atoms with E-state index in [0.717, 1.165) is 12.5 Å². The molecule has 0 radical (unpaired) electrons. The van der Waals surface area contributed by atoms with Gasteiger partial charge in [0.2, 0.25) is 0 Å². The standard InChI is InChI=1S/C16H24N2OS/c1-12(14-6-7-14)17-16(19)11-18(2)10-13-4-8-15(20-3)9-5-13/h4-5,8-9,12,14H,6-7,10-11H2,1-3H3,(H,17,19)/p+1/t12-/m0/s1.